The molecule has 0 aliphatic carbocycles. The quantitative estimate of drug-likeness (QED) is 0.507. The molecule has 0 aromatic carbocycles. The first-order valence-electron chi connectivity index (χ1n) is 5.37. The van der Waals surface area contributed by atoms with Gasteiger partial charge in [0.25, 0.3) is 0 Å². The van der Waals surface area contributed by atoms with E-state index >= 15 is 0 Å². The first-order chi connectivity index (χ1) is 7.46. The Bertz CT molecular complexity index is 243. The summed E-state index contributed by atoms with van der Waals surface area (Å²) in [5, 5.41) is 0. The van der Waals surface area contributed by atoms with Crippen molar-refractivity contribution in [1.29, 1.82) is 0 Å². The van der Waals surface area contributed by atoms with Gasteiger partial charge in [-0.25, -0.2) is 8.93 Å². The van der Waals surface area contributed by atoms with Crippen molar-refractivity contribution in [2.45, 2.75) is 32.4 Å². The lowest BCUT2D eigenvalue weighted by atomic mass is 10.2. The Morgan fingerprint density at radius 3 is 2.44 bits per heavy atom. The highest BCUT2D eigenvalue weighted by atomic mass is 32.2. The van der Waals surface area contributed by atoms with Crippen LogP contribution in [0.5, 0.6) is 0 Å². The summed E-state index contributed by atoms with van der Waals surface area (Å²) in [6.07, 6.45) is 0. The predicted molar refractivity (Wildman–Crippen MR) is 63.4 cm³/mol. The Morgan fingerprint density at radius 2 is 1.94 bits per heavy atom. The molecule has 0 radical (unpaired) electrons. The van der Waals surface area contributed by atoms with E-state index in [1.165, 1.54) is 0 Å². The Balaban J connectivity index is 4.08. The van der Waals surface area contributed by atoms with Crippen LogP contribution in [0.2, 0.25) is 0 Å². The summed E-state index contributed by atoms with van der Waals surface area (Å²) < 4.78 is 23.4. The van der Waals surface area contributed by atoms with Crippen molar-refractivity contribution in [3.05, 3.63) is 0 Å². The fourth-order valence-electron chi connectivity index (χ4n) is 0.912. The monoisotopic (exact) mass is 251 g/mol. The molecular formula is C10H21NO4S. The van der Waals surface area contributed by atoms with Crippen molar-refractivity contribution < 1.29 is 18.5 Å². The SMILES string of the molecule is CCOCCNS(=O)C(C)(C)C(=O)OCC. The van der Waals surface area contributed by atoms with Gasteiger partial charge >= 0.3 is 5.97 Å². The summed E-state index contributed by atoms with van der Waals surface area (Å²) in [5.41, 5.74) is 0. The molecule has 1 N–H and O–H groups in total. The third-order valence-corrected chi connectivity index (χ3v) is 3.47. The zero-order valence-electron chi connectivity index (χ0n) is 10.4. The Morgan fingerprint density at radius 1 is 1.31 bits per heavy atom. The van der Waals surface area contributed by atoms with Gasteiger partial charge in [0.15, 0.2) is 4.75 Å². The molecule has 16 heavy (non-hydrogen) atoms. The Hall–Kier alpha value is -0.460. The number of carbonyl (C=O) groups is 1. The van der Waals surface area contributed by atoms with E-state index in [4.69, 9.17) is 9.47 Å². The average molecular weight is 251 g/mol. The number of rotatable bonds is 8. The van der Waals surface area contributed by atoms with Gasteiger partial charge in [0.1, 0.15) is 11.0 Å². The van der Waals surface area contributed by atoms with Gasteiger partial charge in [-0.2, -0.15) is 0 Å². The fourth-order valence-corrected chi connectivity index (χ4v) is 1.75. The smallest absolute Gasteiger partial charge is 0.325 e. The highest BCUT2D eigenvalue weighted by Crippen LogP contribution is 2.13. The van der Waals surface area contributed by atoms with Gasteiger partial charge in [-0.15, -0.1) is 0 Å². The van der Waals surface area contributed by atoms with Crippen LogP contribution in [0.15, 0.2) is 0 Å². The topological polar surface area (TPSA) is 64.6 Å². The molecule has 5 nitrogen and oxygen atoms in total. The van der Waals surface area contributed by atoms with Crippen molar-refractivity contribution in [3.63, 3.8) is 0 Å². The fraction of sp³-hybridized carbons (Fsp3) is 0.900. The summed E-state index contributed by atoms with van der Waals surface area (Å²) in [6, 6.07) is 0. The number of ether oxygens (including phenoxy) is 2. The van der Waals surface area contributed by atoms with Gasteiger partial charge in [-0.1, -0.05) is 0 Å². The number of hydrogen-bond acceptors (Lipinski definition) is 4. The third-order valence-electron chi connectivity index (χ3n) is 1.91. The second-order valence-corrected chi connectivity index (χ2v) is 5.44. The first kappa shape index (κ1) is 15.5. The molecule has 0 rings (SSSR count). The summed E-state index contributed by atoms with van der Waals surface area (Å²) in [6.45, 7) is 8.63. The van der Waals surface area contributed by atoms with Crippen LogP contribution in [0.25, 0.3) is 0 Å². The second kappa shape index (κ2) is 7.76. The average Bonchev–Trinajstić information content (AvgIpc) is 2.24. The molecule has 0 saturated carbocycles. The minimum Gasteiger partial charge on any atom is -0.465 e. The molecule has 0 heterocycles. The van der Waals surface area contributed by atoms with Crippen LogP contribution in [0.1, 0.15) is 27.7 Å². The van der Waals surface area contributed by atoms with Crippen molar-refractivity contribution in [2.24, 2.45) is 0 Å². The van der Waals surface area contributed by atoms with Gasteiger partial charge in [-0.05, 0) is 27.7 Å². The lowest BCUT2D eigenvalue weighted by molar-refractivity contribution is -0.145. The highest BCUT2D eigenvalue weighted by Gasteiger charge is 2.36. The molecule has 0 aromatic rings. The molecule has 96 valence electrons. The minimum atomic E-state index is -1.47. The molecule has 0 amide bonds. The van der Waals surface area contributed by atoms with Crippen LogP contribution < -0.4 is 4.72 Å². The molecule has 0 fully saturated rings. The van der Waals surface area contributed by atoms with E-state index in [9.17, 15) is 9.00 Å². The molecule has 0 saturated heterocycles. The number of esters is 1. The van der Waals surface area contributed by atoms with E-state index in [-0.39, 0.29) is 0 Å². The van der Waals surface area contributed by atoms with E-state index < -0.39 is 21.7 Å². The van der Waals surface area contributed by atoms with E-state index in [1.807, 2.05) is 6.92 Å². The van der Waals surface area contributed by atoms with Crippen molar-refractivity contribution in [2.75, 3.05) is 26.4 Å². The normalized spacial score (nSPS) is 13.5. The molecule has 0 spiro atoms. The van der Waals surface area contributed by atoms with Gasteiger partial charge in [0, 0.05) is 13.2 Å². The van der Waals surface area contributed by atoms with Crippen LogP contribution in [0, 0.1) is 0 Å². The summed E-state index contributed by atoms with van der Waals surface area (Å²) >= 11 is 0. The standard InChI is InChI=1S/C10H21NO4S/c1-5-14-8-7-11-16(13)10(3,4)9(12)15-6-2/h11H,5-8H2,1-4H3. The van der Waals surface area contributed by atoms with Gasteiger partial charge in [0.05, 0.1) is 13.2 Å². The minimum absolute atomic E-state index is 0.290. The largest absolute Gasteiger partial charge is 0.465 e. The predicted octanol–water partition coefficient (Wildman–Crippen LogP) is 0.618. The van der Waals surface area contributed by atoms with Crippen molar-refractivity contribution in [3.8, 4) is 0 Å². The zero-order valence-corrected chi connectivity index (χ0v) is 11.2. The van der Waals surface area contributed by atoms with Crippen molar-refractivity contribution >= 4 is 17.0 Å². The van der Waals surface area contributed by atoms with Crippen LogP contribution in [-0.2, 0) is 25.3 Å². The lowest BCUT2D eigenvalue weighted by Gasteiger charge is -2.21. The van der Waals surface area contributed by atoms with Crippen LogP contribution in [0.4, 0.5) is 0 Å². The summed E-state index contributed by atoms with van der Waals surface area (Å²) in [7, 11) is -1.47. The van der Waals surface area contributed by atoms with Crippen LogP contribution in [-0.4, -0.2) is 41.3 Å². The molecular weight excluding hydrogens is 230 g/mol. The molecule has 0 aliphatic heterocycles. The molecule has 0 aromatic heterocycles. The number of hydrogen-bond donors (Lipinski definition) is 1. The van der Waals surface area contributed by atoms with Crippen LogP contribution >= 0.6 is 0 Å². The van der Waals surface area contributed by atoms with Gasteiger partial charge in [-0.3, -0.25) is 4.79 Å². The Kier molecular flexibility index (Phi) is 7.53. The van der Waals surface area contributed by atoms with Crippen LogP contribution in [0.3, 0.4) is 0 Å². The highest BCUT2D eigenvalue weighted by molar-refractivity contribution is 7.85. The first-order valence-corrected chi connectivity index (χ1v) is 6.52. The number of nitrogens with one attached hydrogen (secondary N) is 1. The third kappa shape index (κ3) is 5.05. The van der Waals surface area contributed by atoms with E-state index in [0.29, 0.717) is 26.4 Å². The molecule has 0 aliphatic rings. The molecule has 1 unspecified atom stereocenters. The van der Waals surface area contributed by atoms with E-state index in [0.717, 1.165) is 0 Å². The summed E-state index contributed by atoms with van der Waals surface area (Å²) in [4.78, 5) is 11.5. The molecule has 6 heteroatoms. The number of carbonyl (C=O) groups excluding carboxylic acids is 1. The second-order valence-electron chi connectivity index (χ2n) is 3.59. The maximum atomic E-state index is 11.8. The zero-order chi connectivity index (χ0) is 12.6. The van der Waals surface area contributed by atoms with Gasteiger partial charge < -0.3 is 9.47 Å². The van der Waals surface area contributed by atoms with Crippen molar-refractivity contribution in [1.82, 2.24) is 4.72 Å². The Labute approximate surface area is 99.5 Å². The molecule has 0 bridgehead atoms. The maximum Gasteiger partial charge on any atom is 0.325 e. The summed E-state index contributed by atoms with van der Waals surface area (Å²) in [5.74, 6) is -0.461. The lowest BCUT2D eigenvalue weighted by Crippen LogP contribution is -2.44. The molecule has 1 atom stereocenters. The van der Waals surface area contributed by atoms with E-state index in [1.54, 1.807) is 20.8 Å². The maximum absolute atomic E-state index is 11.8. The van der Waals surface area contributed by atoms with Gasteiger partial charge in [0.2, 0.25) is 0 Å². The van der Waals surface area contributed by atoms with E-state index in [2.05, 4.69) is 4.72 Å².